The van der Waals surface area contributed by atoms with E-state index in [4.69, 9.17) is 0 Å². The molecule has 0 atom stereocenters. The second-order valence-electron chi connectivity index (χ2n) is 6.91. The van der Waals surface area contributed by atoms with Crippen LogP contribution in [0, 0.1) is 0 Å². The Morgan fingerprint density at radius 2 is 1.63 bits per heavy atom. The lowest BCUT2D eigenvalue weighted by Crippen LogP contribution is -2.28. The van der Waals surface area contributed by atoms with Crippen molar-refractivity contribution in [3.63, 3.8) is 0 Å². The van der Waals surface area contributed by atoms with Crippen LogP contribution in [0.4, 0.5) is 5.13 Å². The molecule has 5 nitrogen and oxygen atoms in total. The van der Waals surface area contributed by atoms with E-state index in [1.165, 1.54) is 16.7 Å². The Kier molecular flexibility index (Phi) is 6.15. The van der Waals surface area contributed by atoms with E-state index < -0.39 is 0 Å². The van der Waals surface area contributed by atoms with Crippen molar-refractivity contribution in [3.05, 3.63) is 83.7 Å². The fourth-order valence-corrected chi connectivity index (χ4v) is 3.89. The van der Waals surface area contributed by atoms with Gasteiger partial charge in [-0.3, -0.25) is 9.59 Å². The summed E-state index contributed by atoms with van der Waals surface area (Å²) in [6, 6.07) is 23.9. The number of aromatic nitrogens is 1. The Hall–Kier alpha value is -3.51. The molecule has 0 bridgehead atoms. The molecule has 0 aliphatic heterocycles. The number of amides is 2. The maximum atomic E-state index is 12.2. The van der Waals surface area contributed by atoms with E-state index in [9.17, 15) is 9.59 Å². The number of carbonyl (C=O) groups excluding carboxylic acids is 2. The first-order valence-electron chi connectivity index (χ1n) is 9.72. The number of fused-ring (bicyclic) bond motifs is 1. The van der Waals surface area contributed by atoms with Gasteiger partial charge in [0.05, 0.1) is 12.1 Å². The molecule has 6 heteroatoms. The highest BCUT2D eigenvalue weighted by Crippen LogP contribution is 2.27. The van der Waals surface area contributed by atoms with Gasteiger partial charge in [0.2, 0.25) is 11.8 Å². The average Bonchev–Trinajstić information content (AvgIpc) is 3.22. The minimum atomic E-state index is -0.172. The van der Waals surface area contributed by atoms with Crippen LogP contribution in [0.2, 0.25) is 0 Å². The first-order chi connectivity index (χ1) is 14.7. The molecule has 0 unspecified atom stereocenters. The van der Waals surface area contributed by atoms with Crippen LogP contribution in [-0.2, 0) is 16.0 Å². The van der Waals surface area contributed by atoms with Gasteiger partial charge in [0.25, 0.3) is 0 Å². The summed E-state index contributed by atoms with van der Waals surface area (Å²) in [5, 5.41) is 10.4. The molecular formula is C24H21N3O2S. The Morgan fingerprint density at radius 3 is 2.47 bits per heavy atom. The number of thiazole rings is 1. The van der Waals surface area contributed by atoms with Crippen LogP contribution in [0.5, 0.6) is 0 Å². The van der Waals surface area contributed by atoms with Crippen molar-refractivity contribution in [2.45, 2.75) is 12.8 Å². The minimum absolute atomic E-state index is 0.0955. The van der Waals surface area contributed by atoms with E-state index in [1.807, 2.05) is 53.9 Å². The van der Waals surface area contributed by atoms with E-state index >= 15 is 0 Å². The second kappa shape index (κ2) is 9.33. The maximum absolute atomic E-state index is 12.2. The van der Waals surface area contributed by atoms with Gasteiger partial charge in [0.1, 0.15) is 0 Å². The molecule has 1 aromatic heterocycles. The lowest BCUT2D eigenvalue weighted by molar-refractivity contribution is -0.120. The van der Waals surface area contributed by atoms with Gasteiger partial charge in [-0.25, -0.2) is 4.98 Å². The zero-order valence-electron chi connectivity index (χ0n) is 16.3. The highest BCUT2D eigenvalue weighted by Gasteiger charge is 2.10. The molecule has 2 N–H and O–H groups in total. The standard InChI is InChI=1S/C24H21N3O2S/c28-22(12-13-25-23(29)14-17-6-2-1-3-7-17)27-24-26-21(16-30-24)20-11-10-18-8-4-5-9-19(18)15-20/h1-11,15-16H,12-14H2,(H,25,29)(H,26,27,28). The van der Waals surface area contributed by atoms with Gasteiger partial charge < -0.3 is 10.6 Å². The van der Waals surface area contributed by atoms with E-state index in [1.54, 1.807) is 0 Å². The van der Waals surface area contributed by atoms with Crippen LogP contribution in [0.25, 0.3) is 22.0 Å². The largest absolute Gasteiger partial charge is 0.355 e. The number of anilines is 1. The highest BCUT2D eigenvalue weighted by atomic mass is 32.1. The normalized spacial score (nSPS) is 10.7. The quantitative estimate of drug-likeness (QED) is 0.461. The van der Waals surface area contributed by atoms with Crippen LogP contribution in [0.1, 0.15) is 12.0 Å². The molecule has 0 spiro atoms. The third-order valence-electron chi connectivity index (χ3n) is 4.68. The minimum Gasteiger partial charge on any atom is -0.355 e. The summed E-state index contributed by atoms with van der Waals surface area (Å²) in [6.07, 6.45) is 0.509. The summed E-state index contributed by atoms with van der Waals surface area (Å²) in [4.78, 5) is 28.7. The van der Waals surface area contributed by atoms with Gasteiger partial charge in [-0.05, 0) is 22.4 Å². The molecule has 2 amide bonds. The number of hydrogen-bond donors (Lipinski definition) is 2. The summed E-state index contributed by atoms with van der Waals surface area (Å²) >= 11 is 1.39. The topological polar surface area (TPSA) is 71.1 Å². The number of nitrogens with zero attached hydrogens (tertiary/aromatic N) is 1. The van der Waals surface area contributed by atoms with Crippen LogP contribution < -0.4 is 10.6 Å². The lowest BCUT2D eigenvalue weighted by atomic mass is 10.1. The van der Waals surface area contributed by atoms with E-state index in [0.29, 0.717) is 18.1 Å². The Labute approximate surface area is 178 Å². The van der Waals surface area contributed by atoms with Crippen LogP contribution in [0.15, 0.2) is 78.2 Å². The second-order valence-corrected chi connectivity index (χ2v) is 7.77. The Morgan fingerprint density at radius 1 is 0.867 bits per heavy atom. The predicted molar refractivity (Wildman–Crippen MR) is 121 cm³/mol. The van der Waals surface area contributed by atoms with Crippen molar-refractivity contribution in [1.29, 1.82) is 0 Å². The molecule has 1 heterocycles. The molecule has 4 aromatic rings. The molecule has 0 radical (unpaired) electrons. The van der Waals surface area contributed by atoms with Gasteiger partial charge in [-0.15, -0.1) is 11.3 Å². The van der Waals surface area contributed by atoms with Crippen LogP contribution >= 0.6 is 11.3 Å². The van der Waals surface area contributed by atoms with Gasteiger partial charge in [0.15, 0.2) is 5.13 Å². The lowest BCUT2D eigenvalue weighted by Gasteiger charge is -2.05. The van der Waals surface area contributed by atoms with Crippen LogP contribution in [0.3, 0.4) is 0 Å². The molecule has 0 aliphatic carbocycles. The number of nitrogens with one attached hydrogen (secondary N) is 2. The molecule has 30 heavy (non-hydrogen) atoms. The fraction of sp³-hybridized carbons (Fsp3) is 0.125. The summed E-state index contributed by atoms with van der Waals surface area (Å²) in [6.45, 7) is 0.292. The summed E-state index contributed by atoms with van der Waals surface area (Å²) < 4.78 is 0. The van der Waals surface area contributed by atoms with Crippen molar-refractivity contribution in [2.24, 2.45) is 0 Å². The van der Waals surface area contributed by atoms with E-state index in [2.05, 4.69) is 39.9 Å². The molecule has 3 aromatic carbocycles. The molecular weight excluding hydrogens is 394 g/mol. The van der Waals surface area contributed by atoms with Gasteiger partial charge in [-0.1, -0.05) is 66.7 Å². The molecule has 0 fully saturated rings. The van der Waals surface area contributed by atoms with Crippen molar-refractivity contribution in [1.82, 2.24) is 10.3 Å². The fourth-order valence-electron chi connectivity index (χ4n) is 3.15. The Balaban J connectivity index is 1.28. The monoisotopic (exact) mass is 415 g/mol. The summed E-state index contributed by atoms with van der Waals surface area (Å²) in [7, 11) is 0. The van der Waals surface area contributed by atoms with E-state index in [-0.39, 0.29) is 18.2 Å². The number of hydrogen-bond acceptors (Lipinski definition) is 4. The predicted octanol–water partition coefficient (Wildman–Crippen LogP) is 4.65. The molecule has 0 aliphatic rings. The molecule has 4 rings (SSSR count). The molecule has 0 saturated heterocycles. The molecule has 0 saturated carbocycles. The number of carbonyl (C=O) groups is 2. The highest BCUT2D eigenvalue weighted by molar-refractivity contribution is 7.14. The summed E-state index contributed by atoms with van der Waals surface area (Å²) in [5.74, 6) is -0.267. The number of rotatable bonds is 7. The number of benzene rings is 3. The third kappa shape index (κ3) is 5.10. The first-order valence-corrected chi connectivity index (χ1v) is 10.6. The third-order valence-corrected chi connectivity index (χ3v) is 5.44. The van der Waals surface area contributed by atoms with Crippen molar-refractivity contribution >= 4 is 39.1 Å². The zero-order chi connectivity index (χ0) is 20.8. The average molecular weight is 416 g/mol. The zero-order valence-corrected chi connectivity index (χ0v) is 17.1. The van der Waals surface area contributed by atoms with Gasteiger partial charge >= 0.3 is 0 Å². The SMILES string of the molecule is O=C(Cc1ccccc1)NCCC(=O)Nc1nc(-c2ccc3ccccc3c2)cs1. The van der Waals surface area contributed by atoms with E-state index in [0.717, 1.165) is 22.2 Å². The molecule has 150 valence electrons. The van der Waals surface area contributed by atoms with Gasteiger partial charge in [-0.2, -0.15) is 0 Å². The van der Waals surface area contributed by atoms with Crippen molar-refractivity contribution < 1.29 is 9.59 Å². The van der Waals surface area contributed by atoms with Crippen LogP contribution in [-0.4, -0.2) is 23.3 Å². The first kappa shape index (κ1) is 19.8. The smallest absolute Gasteiger partial charge is 0.227 e. The summed E-state index contributed by atoms with van der Waals surface area (Å²) in [5.41, 5.74) is 2.79. The van der Waals surface area contributed by atoms with Gasteiger partial charge in [0, 0.05) is 23.9 Å². The Bertz CT molecular complexity index is 1170. The maximum Gasteiger partial charge on any atom is 0.227 e. The van der Waals surface area contributed by atoms with Crippen molar-refractivity contribution in [2.75, 3.05) is 11.9 Å². The van der Waals surface area contributed by atoms with Crippen molar-refractivity contribution in [3.8, 4) is 11.3 Å².